The van der Waals surface area contributed by atoms with Gasteiger partial charge >= 0.3 is 0 Å². The molecular formula is C12H6BrN5O. The molecule has 0 saturated carbocycles. The van der Waals surface area contributed by atoms with E-state index in [2.05, 4.69) is 36.0 Å². The van der Waals surface area contributed by atoms with E-state index in [4.69, 9.17) is 9.78 Å². The highest BCUT2D eigenvalue weighted by molar-refractivity contribution is 9.10. The van der Waals surface area contributed by atoms with Gasteiger partial charge in [-0.1, -0.05) is 5.16 Å². The first-order valence-corrected chi connectivity index (χ1v) is 6.09. The Morgan fingerprint density at radius 3 is 2.89 bits per heavy atom. The maximum atomic E-state index is 8.75. The Morgan fingerprint density at radius 2 is 2.16 bits per heavy atom. The summed E-state index contributed by atoms with van der Waals surface area (Å²) in [5.74, 6) is 0.802. The van der Waals surface area contributed by atoms with Crippen LogP contribution in [0.3, 0.4) is 0 Å². The molecule has 0 saturated heterocycles. The average Bonchev–Trinajstić information content (AvgIpc) is 3.07. The van der Waals surface area contributed by atoms with Crippen LogP contribution in [0.5, 0.6) is 0 Å². The smallest absolute Gasteiger partial charge is 0.259 e. The summed E-state index contributed by atoms with van der Waals surface area (Å²) in [5.41, 5.74) is 1.87. The number of halogens is 1. The van der Waals surface area contributed by atoms with Crippen molar-refractivity contribution < 1.29 is 4.52 Å². The minimum Gasteiger partial charge on any atom is -0.352 e. The first-order chi connectivity index (χ1) is 9.26. The van der Waals surface area contributed by atoms with Gasteiger partial charge in [0.05, 0.1) is 5.56 Å². The lowest BCUT2D eigenvalue weighted by Gasteiger charge is -1.93. The second-order valence-electron chi connectivity index (χ2n) is 3.73. The second kappa shape index (κ2) is 4.66. The largest absolute Gasteiger partial charge is 0.352 e. The normalized spacial score (nSPS) is 10.3. The van der Waals surface area contributed by atoms with E-state index in [9.17, 15) is 0 Å². The lowest BCUT2D eigenvalue weighted by Crippen LogP contribution is -1.82. The standard InChI is InChI=1S/C12H6BrN5O/c13-9-1-7(4-15-6-9)11-17-12(19-18-11)8-2-10(3-14)16-5-8/h1-2,4-6,16H. The molecule has 0 spiro atoms. The molecular weight excluding hydrogens is 310 g/mol. The van der Waals surface area contributed by atoms with Gasteiger partial charge in [0, 0.05) is 28.6 Å². The average molecular weight is 316 g/mol. The molecule has 0 fully saturated rings. The molecule has 0 amide bonds. The van der Waals surface area contributed by atoms with Gasteiger partial charge in [-0.3, -0.25) is 4.98 Å². The highest BCUT2D eigenvalue weighted by atomic mass is 79.9. The van der Waals surface area contributed by atoms with Crippen LogP contribution < -0.4 is 0 Å². The van der Waals surface area contributed by atoms with Crippen molar-refractivity contribution >= 4 is 15.9 Å². The number of pyridine rings is 1. The Morgan fingerprint density at radius 1 is 1.26 bits per heavy atom. The van der Waals surface area contributed by atoms with Gasteiger partial charge in [0.25, 0.3) is 5.89 Å². The number of hydrogen-bond donors (Lipinski definition) is 1. The summed E-state index contributed by atoms with van der Waals surface area (Å²) in [7, 11) is 0. The molecule has 0 unspecified atom stereocenters. The summed E-state index contributed by atoms with van der Waals surface area (Å²) in [6.07, 6.45) is 4.97. The van der Waals surface area contributed by atoms with E-state index < -0.39 is 0 Å². The molecule has 92 valence electrons. The quantitative estimate of drug-likeness (QED) is 0.785. The SMILES string of the molecule is N#Cc1cc(-c2nc(-c3cncc(Br)c3)no2)c[nH]1. The third-order valence-electron chi connectivity index (χ3n) is 2.44. The number of nitriles is 1. The zero-order chi connectivity index (χ0) is 13.2. The molecule has 3 aromatic rings. The number of nitrogens with zero attached hydrogens (tertiary/aromatic N) is 4. The van der Waals surface area contributed by atoms with Gasteiger partial charge in [0.15, 0.2) is 0 Å². The molecule has 0 aliphatic heterocycles. The van der Waals surface area contributed by atoms with Crippen LogP contribution in [0.15, 0.2) is 39.7 Å². The van der Waals surface area contributed by atoms with E-state index in [1.165, 1.54) is 0 Å². The summed E-state index contributed by atoms with van der Waals surface area (Å²) >= 11 is 3.33. The molecule has 0 aliphatic rings. The monoisotopic (exact) mass is 315 g/mol. The zero-order valence-corrected chi connectivity index (χ0v) is 11.0. The van der Waals surface area contributed by atoms with Crippen molar-refractivity contribution in [3.8, 4) is 28.9 Å². The highest BCUT2D eigenvalue weighted by Crippen LogP contribution is 2.23. The number of aromatic amines is 1. The van der Waals surface area contributed by atoms with Crippen molar-refractivity contribution in [2.24, 2.45) is 0 Å². The van der Waals surface area contributed by atoms with Crippen LogP contribution in [-0.4, -0.2) is 20.1 Å². The summed E-state index contributed by atoms with van der Waals surface area (Å²) in [5, 5.41) is 12.6. The summed E-state index contributed by atoms with van der Waals surface area (Å²) < 4.78 is 6.01. The predicted octanol–water partition coefficient (Wildman–Crippen LogP) is 2.76. The Bertz CT molecular complexity index is 770. The topological polar surface area (TPSA) is 91.4 Å². The first kappa shape index (κ1) is 11.6. The molecule has 6 nitrogen and oxygen atoms in total. The van der Waals surface area contributed by atoms with Gasteiger partial charge in [-0.2, -0.15) is 10.2 Å². The Kier molecular flexibility index (Phi) is 2.85. The van der Waals surface area contributed by atoms with Gasteiger partial charge in [0.1, 0.15) is 11.8 Å². The van der Waals surface area contributed by atoms with E-state index in [0.717, 1.165) is 10.0 Å². The maximum absolute atomic E-state index is 8.75. The van der Waals surface area contributed by atoms with Crippen molar-refractivity contribution in [3.05, 3.63) is 40.9 Å². The van der Waals surface area contributed by atoms with Gasteiger partial charge < -0.3 is 9.51 Å². The maximum Gasteiger partial charge on any atom is 0.259 e. The molecule has 0 bridgehead atoms. The van der Waals surface area contributed by atoms with Gasteiger partial charge in [0.2, 0.25) is 5.82 Å². The summed E-state index contributed by atoms with van der Waals surface area (Å²) in [6.45, 7) is 0. The molecule has 0 atom stereocenters. The molecule has 1 N–H and O–H groups in total. The molecule has 19 heavy (non-hydrogen) atoms. The Labute approximate surface area is 116 Å². The van der Waals surface area contributed by atoms with Crippen LogP contribution in [-0.2, 0) is 0 Å². The molecule has 0 aromatic carbocycles. The van der Waals surface area contributed by atoms with Gasteiger partial charge in [-0.25, -0.2) is 0 Å². The van der Waals surface area contributed by atoms with Crippen LogP contribution >= 0.6 is 15.9 Å². The number of H-pyrrole nitrogens is 1. The minimum atomic E-state index is 0.354. The predicted molar refractivity (Wildman–Crippen MR) is 69.7 cm³/mol. The van der Waals surface area contributed by atoms with Crippen LogP contribution in [0.25, 0.3) is 22.8 Å². The number of aromatic nitrogens is 4. The second-order valence-corrected chi connectivity index (χ2v) is 4.64. The molecule has 0 radical (unpaired) electrons. The van der Waals surface area contributed by atoms with Crippen molar-refractivity contribution in [1.29, 1.82) is 5.26 Å². The third kappa shape index (κ3) is 2.26. The highest BCUT2D eigenvalue weighted by Gasteiger charge is 2.12. The fourth-order valence-corrected chi connectivity index (χ4v) is 1.94. The van der Waals surface area contributed by atoms with Crippen molar-refractivity contribution in [2.45, 2.75) is 0 Å². The van der Waals surface area contributed by atoms with Crippen LogP contribution in [0, 0.1) is 11.3 Å². The molecule has 3 aromatic heterocycles. The fourth-order valence-electron chi connectivity index (χ4n) is 1.57. The lowest BCUT2D eigenvalue weighted by atomic mass is 10.3. The fraction of sp³-hybridized carbons (Fsp3) is 0. The van der Waals surface area contributed by atoms with Gasteiger partial charge in [-0.15, -0.1) is 0 Å². The van der Waals surface area contributed by atoms with Crippen molar-refractivity contribution in [3.63, 3.8) is 0 Å². The number of hydrogen-bond acceptors (Lipinski definition) is 5. The number of nitrogens with one attached hydrogen (secondary N) is 1. The van der Waals surface area contributed by atoms with Crippen molar-refractivity contribution in [1.82, 2.24) is 20.1 Å². The molecule has 3 rings (SSSR count). The first-order valence-electron chi connectivity index (χ1n) is 5.30. The van der Waals surface area contributed by atoms with Crippen LogP contribution in [0.1, 0.15) is 5.69 Å². The van der Waals surface area contributed by atoms with Crippen molar-refractivity contribution in [2.75, 3.05) is 0 Å². The van der Waals surface area contributed by atoms with E-state index in [0.29, 0.717) is 23.0 Å². The minimum absolute atomic E-state index is 0.354. The third-order valence-corrected chi connectivity index (χ3v) is 2.87. The van der Waals surface area contributed by atoms with E-state index in [1.807, 2.05) is 12.1 Å². The Hall–Kier alpha value is -2.46. The van der Waals surface area contributed by atoms with E-state index in [-0.39, 0.29) is 0 Å². The van der Waals surface area contributed by atoms with E-state index in [1.54, 1.807) is 24.7 Å². The zero-order valence-electron chi connectivity index (χ0n) is 9.46. The lowest BCUT2D eigenvalue weighted by molar-refractivity contribution is 0.432. The molecule has 3 heterocycles. The molecule has 0 aliphatic carbocycles. The van der Waals surface area contributed by atoms with Crippen LogP contribution in [0.4, 0.5) is 0 Å². The van der Waals surface area contributed by atoms with E-state index >= 15 is 0 Å². The molecule has 7 heteroatoms. The summed E-state index contributed by atoms with van der Waals surface area (Å²) in [6, 6.07) is 5.50. The van der Waals surface area contributed by atoms with Gasteiger partial charge in [-0.05, 0) is 28.1 Å². The number of rotatable bonds is 2. The van der Waals surface area contributed by atoms with Crippen LogP contribution in [0.2, 0.25) is 0 Å². The summed E-state index contributed by atoms with van der Waals surface area (Å²) in [4.78, 5) is 11.1. The Balaban J connectivity index is 1.97.